The van der Waals surface area contributed by atoms with Crippen LogP contribution in [0.1, 0.15) is 361 Å². The van der Waals surface area contributed by atoms with E-state index in [4.69, 9.17) is 0 Å². The Morgan fingerprint density at radius 1 is 0.312 bits per heavy atom. The van der Waals surface area contributed by atoms with E-state index in [2.05, 4.69) is 19.2 Å². The van der Waals surface area contributed by atoms with Gasteiger partial charge in [0.15, 0.2) is 0 Å². The zero-order valence-corrected chi connectivity index (χ0v) is 44.3. The first-order valence-corrected chi connectivity index (χ1v) is 30.2. The van der Waals surface area contributed by atoms with Crippen molar-refractivity contribution < 1.29 is 15.0 Å². The number of carbonyl (C=O) groups excluding carboxylic acids is 1. The number of hydrogen-bond donors (Lipinski definition) is 3. The van der Waals surface area contributed by atoms with E-state index < -0.39 is 12.1 Å². The van der Waals surface area contributed by atoms with Crippen molar-refractivity contribution in [2.24, 2.45) is 0 Å². The number of hydrogen-bond acceptors (Lipinski definition) is 3. The molecule has 0 aliphatic carbocycles. The minimum atomic E-state index is -0.655. The Balaban J connectivity index is 3.38. The molecule has 3 N–H and O–H groups in total. The molecule has 2 unspecified atom stereocenters. The second-order valence-corrected chi connectivity index (χ2v) is 21.1. The third-order valence-corrected chi connectivity index (χ3v) is 14.6. The number of rotatable bonds is 57. The van der Waals surface area contributed by atoms with Crippen LogP contribution in [0.25, 0.3) is 0 Å². The average molecular weight is 905 g/mol. The lowest BCUT2D eigenvalue weighted by molar-refractivity contribution is -0.123. The Bertz CT molecular complexity index is 849. The van der Waals surface area contributed by atoms with Crippen LogP contribution < -0.4 is 5.32 Å². The molecule has 0 aromatic carbocycles. The van der Waals surface area contributed by atoms with Crippen LogP contribution in [0.4, 0.5) is 0 Å². The third-order valence-electron chi connectivity index (χ3n) is 14.6. The minimum absolute atomic E-state index is 0.0211. The molecule has 0 aromatic heterocycles. The summed E-state index contributed by atoms with van der Waals surface area (Å²) >= 11 is 0. The summed E-state index contributed by atoms with van der Waals surface area (Å²) in [6.07, 6.45) is 72.6. The molecule has 0 saturated carbocycles. The van der Waals surface area contributed by atoms with Crippen LogP contribution >= 0.6 is 0 Å². The van der Waals surface area contributed by atoms with Crippen LogP contribution in [0.3, 0.4) is 0 Å². The first-order chi connectivity index (χ1) is 31.7. The molecule has 0 aliphatic heterocycles. The highest BCUT2D eigenvalue weighted by Gasteiger charge is 2.20. The van der Waals surface area contributed by atoms with Crippen LogP contribution in [0.15, 0.2) is 0 Å². The van der Waals surface area contributed by atoms with E-state index in [1.165, 1.54) is 308 Å². The fraction of sp³-hybridized carbons (Fsp3) is 0.983. The van der Waals surface area contributed by atoms with Crippen molar-refractivity contribution in [2.75, 3.05) is 6.61 Å². The summed E-state index contributed by atoms with van der Waals surface area (Å²) in [6, 6.07) is -0.532. The van der Waals surface area contributed by atoms with Crippen LogP contribution in [0.5, 0.6) is 0 Å². The average Bonchev–Trinajstić information content (AvgIpc) is 3.30. The Kier molecular flexibility index (Phi) is 56.2. The zero-order valence-electron chi connectivity index (χ0n) is 44.3. The predicted octanol–water partition coefficient (Wildman–Crippen LogP) is 19.9. The summed E-state index contributed by atoms with van der Waals surface area (Å²) in [5, 5.41) is 23.4. The lowest BCUT2D eigenvalue weighted by Gasteiger charge is -2.22. The highest BCUT2D eigenvalue weighted by molar-refractivity contribution is 5.76. The second kappa shape index (κ2) is 56.7. The van der Waals surface area contributed by atoms with E-state index in [0.717, 1.165) is 25.7 Å². The maximum Gasteiger partial charge on any atom is 0.220 e. The van der Waals surface area contributed by atoms with Crippen molar-refractivity contribution in [1.29, 1.82) is 0 Å². The second-order valence-electron chi connectivity index (χ2n) is 21.1. The van der Waals surface area contributed by atoms with Crippen molar-refractivity contribution in [3.8, 4) is 0 Å². The van der Waals surface area contributed by atoms with E-state index >= 15 is 0 Å². The molecule has 1 amide bonds. The number of aliphatic hydroxyl groups is 2. The van der Waals surface area contributed by atoms with Gasteiger partial charge in [0.1, 0.15) is 0 Å². The van der Waals surface area contributed by atoms with Gasteiger partial charge < -0.3 is 15.5 Å². The van der Waals surface area contributed by atoms with E-state index in [1.807, 2.05) is 0 Å². The lowest BCUT2D eigenvalue weighted by Crippen LogP contribution is -2.45. The maximum absolute atomic E-state index is 12.5. The van der Waals surface area contributed by atoms with Gasteiger partial charge in [0.25, 0.3) is 0 Å². The van der Waals surface area contributed by atoms with Crippen LogP contribution in [0.2, 0.25) is 0 Å². The molecule has 0 spiro atoms. The molecular formula is C60H121NO3. The molecule has 4 nitrogen and oxygen atoms in total. The number of nitrogens with one attached hydrogen (secondary N) is 1. The van der Waals surface area contributed by atoms with Crippen LogP contribution in [-0.2, 0) is 4.79 Å². The summed E-state index contributed by atoms with van der Waals surface area (Å²) in [5.74, 6) is -0.0211. The highest BCUT2D eigenvalue weighted by atomic mass is 16.3. The minimum Gasteiger partial charge on any atom is -0.394 e. The standard InChI is InChI=1S/C60H121NO3/c1-3-5-7-9-11-13-15-17-19-21-23-25-27-28-29-30-31-32-34-35-37-39-41-43-45-47-49-51-53-55-59(63)58(57-62)61-60(64)56-54-52-50-48-46-44-42-40-38-36-33-26-24-22-20-18-16-14-12-10-8-6-4-2/h58-59,62-63H,3-57H2,1-2H3,(H,61,64). The van der Waals surface area contributed by atoms with Crippen molar-refractivity contribution >= 4 is 5.91 Å². The first kappa shape index (κ1) is 63.4. The SMILES string of the molecule is CCCCCCCCCCCCCCCCCCCCCCCCCCCCCCCC(O)C(CO)NC(=O)CCCCCCCCCCCCCCCCCCCCCCCCC. The topological polar surface area (TPSA) is 69.6 Å². The van der Waals surface area contributed by atoms with Crippen molar-refractivity contribution in [3.05, 3.63) is 0 Å². The molecule has 0 heterocycles. The van der Waals surface area contributed by atoms with Crippen molar-refractivity contribution in [3.63, 3.8) is 0 Å². The predicted molar refractivity (Wildman–Crippen MR) is 286 cm³/mol. The number of aliphatic hydroxyl groups excluding tert-OH is 2. The van der Waals surface area contributed by atoms with Gasteiger partial charge in [-0.1, -0.05) is 341 Å². The maximum atomic E-state index is 12.5. The fourth-order valence-corrected chi connectivity index (χ4v) is 10.0. The fourth-order valence-electron chi connectivity index (χ4n) is 10.0. The van der Waals surface area contributed by atoms with E-state index in [9.17, 15) is 15.0 Å². The molecule has 4 heteroatoms. The van der Waals surface area contributed by atoms with Crippen LogP contribution in [0, 0.1) is 0 Å². The molecule has 0 rings (SSSR count). The number of carbonyl (C=O) groups is 1. The third kappa shape index (κ3) is 52.4. The molecule has 0 radical (unpaired) electrons. The number of unbranched alkanes of at least 4 members (excludes halogenated alkanes) is 50. The largest absolute Gasteiger partial charge is 0.394 e. The van der Waals surface area contributed by atoms with Crippen LogP contribution in [-0.4, -0.2) is 34.9 Å². The summed E-state index contributed by atoms with van der Waals surface area (Å²) in [6.45, 7) is 4.41. The Morgan fingerprint density at radius 3 is 0.703 bits per heavy atom. The summed E-state index contributed by atoms with van der Waals surface area (Å²) in [7, 11) is 0. The molecule has 0 aromatic rings. The van der Waals surface area contributed by atoms with E-state index in [-0.39, 0.29) is 12.5 Å². The van der Waals surface area contributed by atoms with Gasteiger partial charge in [0, 0.05) is 6.42 Å². The Morgan fingerprint density at radius 2 is 0.500 bits per heavy atom. The summed E-state index contributed by atoms with van der Waals surface area (Å²) < 4.78 is 0. The van der Waals surface area contributed by atoms with Crippen molar-refractivity contribution in [1.82, 2.24) is 5.32 Å². The van der Waals surface area contributed by atoms with Gasteiger partial charge in [-0.05, 0) is 12.8 Å². The molecule has 64 heavy (non-hydrogen) atoms. The molecule has 384 valence electrons. The highest BCUT2D eigenvalue weighted by Crippen LogP contribution is 2.19. The zero-order chi connectivity index (χ0) is 46.3. The Hall–Kier alpha value is -0.610. The van der Waals surface area contributed by atoms with Gasteiger partial charge in [-0.25, -0.2) is 0 Å². The molecule has 0 saturated heterocycles. The first-order valence-electron chi connectivity index (χ1n) is 30.2. The van der Waals surface area contributed by atoms with Gasteiger partial charge in [0.2, 0.25) is 5.91 Å². The molecular weight excluding hydrogens is 783 g/mol. The van der Waals surface area contributed by atoms with Gasteiger partial charge >= 0.3 is 0 Å². The van der Waals surface area contributed by atoms with Gasteiger partial charge in [0.05, 0.1) is 18.8 Å². The molecule has 2 atom stereocenters. The van der Waals surface area contributed by atoms with Gasteiger partial charge in [-0.15, -0.1) is 0 Å². The van der Waals surface area contributed by atoms with Gasteiger partial charge in [-0.3, -0.25) is 4.79 Å². The normalized spacial score (nSPS) is 12.6. The van der Waals surface area contributed by atoms with E-state index in [0.29, 0.717) is 12.8 Å². The lowest BCUT2D eigenvalue weighted by atomic mass is 10.0. The number of amides is 1. The molecule has 0 bridgehead atoms. The quantitative estimate of drug-likeness (QED) is 0.0533. The van der Waals surface area contributed by atoms with Crippen molar-refractivity contribution in [2.45, 2.75) is 373 Å². The molecule has 0 fully saturated rings. The van der Waals surface area contributed by atoms with Gasteiger partial charge in [-0.2, -0.15) is 0 Å². The van der Waals surface area contributed by atoms with E-state index in [1.54, 1.807) is 0 Å². The molecule has 0 aliphatic rings. The smallest absolute Gasteiger partial charge is 0.220 e. The monoisotopic (exact) mass is 904 g/mol. The summed E-state index contributed by atoms with van der Waals surface area (Å²) in [5.41, 5.74) is 0. The Labute approximate surface area is 404 Å². The summed E-state index contributed by atoms with van der Waals surface area (Å²) in [4.78, 5) is 12.5.